The number of aryl methyl sites for hydroxylation is 1. The molecule has 0 nitrogen and oxygen atoms in total. The van der Waals surface area contributed by atoms with Gasteiger partial charge in [0.05, 0.1) is 0 Å². The molecule has 0 heterocycles. The van der Waals surface area contributed by atoms with Crippen LogP contribution < -0.4 is 0 Å². The second-order valence-corrected chi connectivity index (χ2v) is 6.99. The predicted octanol–water partition coefficient (Wildman–Crippen LogP) is 3.30. The Kier molecular flexibility index (Phi) is 4.13. The minimum Gasteiger partial charge on any atom is -0.146 e. The molecule has 0 N–H and O–H groups in total. The maximum Gasteiger partial charge on any atom is 0.278 e. The van der Waals surface area contributed by atoms with E-state index in [-0.39, 0.29) is 0 Å². The van der Waals surface area contributed by atoms with E-state index < -0.39 is 7.42 Å². The van der Waals surface area contributed by atoms with Gasteiger partial charge >= 0.3 is 0 Å². The lowest BCUT2D eigenvalue weighted by molar-refractivity contribution is 1.10. The smallest absolute Gasteiger partial charge is 0.146 e. The van der Waals surface area contributed by atoms with Crippen LogP contribution in [-0.4, -0.2) is 7.42 Å². The van der Waals surface area contributed by atoms with E-state index in [1.54, 1.807) is 0 Å². The largest absolute Gasteiger partial charge is 0.278 e. The third kappa shape index (κ3) is 2.81. The lowest BCUT2D eigenvalue weighted by Crippen LogP contribution is -2.02. The van der Waals surface area contributed by atoms with Gasteiger partial charge in [-0.3, -0.25) is 0 Å². The summed E-state index contributed by atoms with van der Waals surface area (Å²) in [6.45, 7) is 2.15. The normalized spacial score (nSPS) is 10.7. The summed E-state index contributed by atoms with van der Waals surface area (Å²) < 4.78 is 0. The van der Waals surface area contributed by atoms with Gasteiger partial charge in [0.1, 0.15) is 0 Å². The van der Waals surface area contributed by atoms with Crippen molar-refractivity contribution in [1.29, 1.82) is 0 Å². The highest BCUT2D eigenvalue weighted by Crippen LogP contribution is 2.13. The Hall–Kier alpha value is 0.0169. The van der Waals surface area contributed by atoms with E-state index in [0.29, 0.717) is 0 Å². The van der Waals surface area contributed by atoms with E-state index in [4.69, 9.17) is 22.2 Å². The monoisotopic (exact) mass is 217 g/mol. The van der Waals surface area contributed by atoms with Gasteiger partial charge in [-0.15, -0.1) is 22.2 Å². The van der Waals surface area contributed by atoms with Crippen LogP contribution in [0.3, 0.4) is 0 Å². The van der Waals surface area contributed by atoms with E-state index in [2.05, 4.69) is 25.1 Å². The van der Waals surface area contributed by atoms with Crippen LogP contribution in [0.5, 0.6) is 0 Å². The van der Waals surface area contributed by atoms with Crippen molar-refractivity contribution in [2.24, 2.45) is 0 Å². The van der Waals surface area contributed by atoms with Crippen molar-refractivity contribution in [3.63, 3.8) is 0 Å². The summed E-state index contributed by atoms with van der Waals surface area (Å²) in [5.41, 5.74) is 2.67. The Balaban J connectivity index is 2.82. The summed E-state index contributed by atoms with van der Waals surface area (Å²) in [6, 6.07) is 9.17. The van der Waals surface area contributed by atoms with Gasteiger partial charge in [-0.2, -0.15) is 0 Å². The fourth-order valence-electron chi connectivity index (χ4n) is 1.22. The van der Waals surface area contributed by atoms with E-state index in [0.717, 1.165) is 12.5 Å². The summed E-state index contributed by atoms with van der Waals surface area (Å²) in [4.78, 5) is 0. The molecule has 0 amide bonds. The minimum atomic E-state index is -1.17. The average molecular weight is 218 g/mol. The summed E-state index contributed by atoms with van der Waals surface area (Å²) in [5, 5.41) is 0. The zero-order valence-corrected chi connectivity index (χ0v) is 9.49. The number of hydrogen-bond acceptors (Lipinski definition) is 0. The summed E-state index contributed by atoms with van der Waals surface area (Å²) >= 11 is 11.6. The third-order valence-electron chi connectivity index (χ3n) is 1.82. The van der Waals surface area contributed by atoms with Gasteiger partial charge in [0.2, 0.25) is 0 Å². The number of benzene rings is 1. The van der Waals surface area contributed by atoms with Crippen molar-refractivity contribution < 1.29 is 0 Å². The Morgan fingerprint density at radius 3 is 2.25 bits per heavy atom. The summed E-state index contributed by atoms with van der Waals surface area (Å²) in [7, 11) is -1.17. The topological polar surface area (TPSA) is 0 Å². The van der Waals surface area contributed by atoms with Crippen molar-refractivity contribution in [1.82, 2.24) is 0 Å². The van der Waals surface area contributed by atoms with Gasteiger partial charge in [0.25, 0.3) is 7.42 Å². The molecule has 0 saturated heterocycles. The average Bonchev–Trinajstić information content (AvgIpc) is 2.04. The van der Waals surface area contributed by atoms with Gasteiger partial charge < -0.3 is 0 Å². The van der Waals surface area contributed by atoms with Crippen LogP contribution in [0.4, 0.5) is 0 Å². The molecule has 1 radical (unpaired) electrons. The van der Waals surface area contributed by atoms with Gasteiger partial charge in [0.15, 0.2) is 0 Å². The quantitative estimate of drug-likeness (QED) is 0.539. The van der Waals surface area contributed by atoms with Crippen molar-refractivity contribution >= 4 is 29.6 Å². The lowest BCUT2D eigenvalue weighted by Gasteiger charge is -2.05. The third-order valence-corrected chi connectivity index (χ3v) is 3.27. The molecule has 0 aliphatic heterocycles. The zero-order chi connectivity index (χ0) is 8.97. The molecule has 0 aliphatic rings. The molecule has 3 heteroatoms. The summed E-state index contributed by atoms with van der Waals surface area (Å²) in [6.07, 6.45) is 1.05. The molecule has 0 spiro atoms. The van der Waals surface area contributed by atoms with Crippen molar-refractivity contribution in [2.45, 2.75) is 19.4 Å². The van der Waals surface area contributed by atoms with Crippen LogP contribution in [0.25, 0.3) is 0 Å². The van der Waals surface area contributed by atoms with Crippen molar-refractivity contribution in [2.75, 3.05) is 0 Å². The van der Waals surface area contributed by atoms with E-state index in [1.807, 2.05) is 6.07 Å². The summed E-state index contributed by atoms with van der Waals surface area (Å²) in [5.74, 6) is 0. The fraction of sp³-hybridized carbons (Fsp3) is 0.333. The van der Waals surface area contributed by atoms with E-state index in [1.165, 1.54) is 11.1 Å². The molecule has 65 valence electrons. The molecule has 0 aromatic heterocycles. The van der Waals surface area contributed by atoms with Gasteiger partial charge in [-0.25, -0.2) is 0 Å². The van der Waals surface area contributed by atoms with E-state index >= 15 is 0 Å². The maximum absolute atomic E-state index is 5.81. The van der Waals surface area contributed by atoms with Gasteiger partial charge in [-0.05, 0) is 23.6 Å². The number of halogens is 2. The first-order chi connectivity index (χ1) is 5.74. The zero-order valence-electron chi connectivity index (χ0n) is 6.98. The molecule has 0 bridgehead atoms. The van der Waals surface area contributed by atoms with Crippen LogP contribution in [-0.2, 0) is 12.5 Å². The van der Waals surface area contributed by atoms with Crippen molar-refractivity contribution in [3.8, 4) is 0 Å². The van der Waals surface area contributed by atoms with Crippen LogP contribution in [0.1, 0.15) is 18.1 Å². The SMILES string of the molecule is CCc1ccccc1C[Si](Cl)Cl. The van der Waals surface area contributed by atoms with E-state index in [9.17, 15) is 0 Å². The molecular weight excluding hydrogens is 207 g/mol. The predicted molar refractivity (Wildman–Crippen MR) is 57.0 cm³/mol. The molecule has 0 unspecified atom stereocenters. The second-order valence-electron chi connectivity index (χ2n) is 2.64. The molecule has 0 fully saturated rings. The highest BCUT2D eigenvalue weighted by atomic mass is 35.7. The van der Waals surface area contributed by atoms with Crippen molar-refractivity contribution in [3.05, 3.63) is 35.4 Å². The van der Waals surface area contributed by atoms with Gasteiger partial charge in [0, 0.05) is 0 Å². The molecule has 1 aromatic carbocycles. The first-order valence-electron chi connectivity index (χ1n) is 3.97. The van der Waals surface area contributed by atoms with Crippen LogP contribution >= 0.6 is 22.2 Å². The molecule has 12 heavy (non-hydrogen) atoms. The standard InChI is InChI=1S/C9H11Cl2Si/c1-2-8-5-3-4-6-9(8)7-12(10)11/h3-6H,2,7H2,1H3. The van der Waals surface area contributed by atoms with Gasteiger partial charge in [-0.1, -0.05) is 31.2 Å². The maximum atomic E-state index is 5.81. The second kappa shape index (κ2) is 4.90. The van der Waals surface area contributed by atoms with Crippen LogP contribution in [0, 0.1) is 0 Å². The number of rotatable bonds is 3. The Labute approximate surface area is 84.5 Å². The Morgan fingerprint density at radius 1 is 1.17 bits per heavy atom. The fourth-order valence-corrected chi connectivity index (χ4v) is 2.72. The highest BCUT2D eigenvalue weighted by Gasteiger charge is 2.07. The molecule has 1 aromatic rings. The number of hydrogen-bond donors (Lipinski definition) is 0. The molecule has 0 atom stereocenters. The van der Waals surface area contributed by atoms with Crippen LogP contribution in [0.15, 0.2) is 24.3 Å². The Morgan fingerprint density at radius 2 is 1.75 bits per heavy atom. The molecular formula is C9H11Cl2Si. The first-order valence-corrected chi connectivity index (χ1v) is 7.70. The lowest BCUT2D eigenvalue weighted by atomic mass is 10.1. The first kappa shape index (κ1) is 10.1. The minimum absolute atomic E-state index is 0.845. The molecule has 0 saturated carbocycles. The molecule has 1 rings (SSSR count). The highest BCUT2D eigenvalue weighted by molar-refractivity contribution is 7.33. The molecule has 0 aliphatic carbocycles. The Bertz CT molecular complexity index is 248. The van der Waals surface area contributed by atoms with Crippen LogP contribution in [0.2, 0.25) is 0 Å².